The van der Waals surface area contributed by atoms with Crippen molar-refractivity contribution in [2.24, 2.45) is 5.92 Å². The van der Waals surface area contributed by atoms with E-state index in [0.29, 0.717) is 13.1 Å². The number of ether oxygens (including phenoxy) is 1. The van der Waals surface area contributed by atoms with Crippen LogP contribution >= 0.6 is 0 Å². The summed E-state index contributed by atoms with van der Waals surface area (Å²) in [7, 11) is 0. The fraction of sp³-hybridized carbons (Fsp3) is 0.462. The van der Waals surface area contributed by atoms with Crippen molar-refractivity contribution in [1.82, 2.24) is 19.8 Å². The van der Waals surface area contributed by atoms with Gasteiger partial charge in [0.1, 0.15) is 6.61 Å². The van der Waals surface area contributed by atoms with E-state index in [9.17, 15) is 14.0 Å². The number of benzene rings is 1. The van der Waals surface area contributed by atoms with Crippen LogP contribution in [0.25, 0.3) is 0 Å². The van der Waals surface area contributed by atoms with E-state index in [1.54, 1.807) is 0 Å². The minimum absolute atomic E-state index is 0.0159. The number of cyclic esters (lactones) is 1. The molecule has 1 aromatic heterocycles. The fourth-order valence-electron chi connectivity index (χ4n) is 4.47. The highest BCUT2D eigenvalue weighted by Gasteiger charge is 2.38. The maximum Gasteiger partial charge on any atom is 0.416 e. The molecule has 1 aromatic carbocycles. The number of amides is 2. The third-order valence-corrected chi connectivity index (χ3v) is 6.72. The molecule has 2 aliphatic rings. The Hall–Kier alpha value is -3.53. The molecular formula is C26H33FN6O3. The highest BCUT2D eigenvalue weighted by atomic mass is 19.1. The molecule has 36 heavy (non-hydrogen) atoms. The monoisotopic (exact) mass is 496 g/mol. The van der Waals surface area contributed by atoms with Crippen LogP contribution in [0.5, 0.6) is 0 Å². The Balaban J connectivity index is 1.38. The molecule has 10 heteroatoms. The van der Waals surface area contributed by atoms with Gasteiger partial charge in [-0.25, -0.2) is 14.2 Å². The molecule has 0 saturated carbocycles. The number of rotatable bonds is 8. The van der Waals surface area contributed by atoms with Crippen LogP contribution in [-0.4, -0.2) is 70.6 Å². The van der Waals surface area contributed by atoms with Gasteiger partial charge in [-0.15, -0.1) is 0 Å². The van der Waals surface area contributed by atoms with E-state index in [1.165, 1.54) is 16.5 Å². The molecule has 1 unspecified atom stereocenters. The molecule has 2 aliphatic heterocycles. The van der Waals surface area contributed by atoms with Crippen LogP contribution in [0.1, 0.15) is 37.9 Å². The van der Waals surface area contributed by atoms with Crippen molar-refractivity contribution in [3.63, 3.8) is 0 Å². The van der Waals surface area contributed by atoms with E-state index in [-0.39, 0.29) is 42.3 Å². The van der Waals surface area contributed by atoms with Crippen molar-refractivity contribution in [3.05, 3.63) is 60.1 Å². The Kier molecular flexibility index (Phi) is 7.83. The predicted octanol–water partition coefficient (Wildman–Crippen LogP) is 3.60. The number of hydrogen-bond acceptors (Lipinski definition) is 7. The molecule has 0 aliphatic carbocycles. The van der Waals surface area contributed by atoms with Gasteiger partial charge in [-0.3, -0.25) is 14.6 Å². The van der Waals surface area contributed by atoms with Gasteiger partial charge in [0.15, 0.2) is 11.6 Å². The SMILES string of the molecule is C=CC(=O)N1CCN(Cc2ccc(C(C)Nc3ncc(F)c(N4C(=O)OC[C@@H]4C(C)C)n3)cc2)CC1. The van der Waals surface area contributed by atoms with Gasteiger partial charge >= 0.3 is 6.09 Å². The molecule has 9 nitrogen and oxygen atoms in total. The molecule has 0 spiro atoms. The van der Waals surface area contributed by atoms with Crippen LogP contribution in [-0.2, 0) is 16.1 Å². The van der Waals surface area contributed by atoms with Crippen molar-refractivity contribution < 1.29 is 18.7 Å². The Morgan fingerprint density at radius 1 is 1.22 bits per heavy atom. The zero-order valence-corrected chi connectivity index (χ0v) is 21.0. The van der Waals surface area contributed by atoms with Gasteiger partial charge in [0.25, 0.3) is 0 Å². The molecule has 0 bridgehead atoms. The minimum Gasteiger partial charge on any atom is -0.447 e. The lowest BCUT2D eigenvalue weighted by molar-refractivity contribution is -0.127. The number of halogens is 1. The maximum atomic E-state index is 14.6. The topological polar surface area (TPSA) is 90.9 Å². The molecule has 3 heterocycles. The van der Waals surface area contributed by atoms with Crippen molar-refractivity contribution in [2.75, 3.05) is 43.0 Å². The number of hydrogen-bond donors (Lipinski definition) is 1. The lowest BCUT2D eigenvalue weighted by Crippen LogP contribution is -2.47. The Bertz CT molecular complexity index is 1100. The van der Waals surface area contributed by atoms with Gasteiger partial charge < -0.3 is 15.0 Å². The Morgan fingerprint density at radius 2 is 1.92 bits per heavy atom. The van der Waals surface area contributed by atoms with Crippen molar-refractivity contribution in [1.29, 1.82) is 0 Å². The zero-order valence-electron chi connectivity index (χ0n) is 21.0. The molecule has 2 atom stereocenters. The quantitative estimate of drug-likeness (QED) is 0.559. The molecule has 2 amide bonds. The van der Waals surface area contributed by atoms with Crippen LogP contribution in [0.15, 0.2) is 43.1 Å². The number of carbonyl (C=O) groups excluding carboxylic acids is 2. The molecule has 2 fully saturated rings. The van der Waals surface area contributed by atoms with Crippen LogP contribution in [0.3, 0.4) is 0 Å². The summed E-state index contributed by atoms with van der Waals surface area (Å²) in [5.41, 5.74) is 2.21. The molecule has 2 aromatic rings. The summed E-state index contributed by atoms with van der Waals surface area (Å²) in [6.07, 6.45) is 1.84. The first-order valence-electron chi connectivity index (χ1n) is 12.2. The summed E-state index contributed by atoms with van der Waals surface area (Å²) in [6, 6.07) is 7.82. The summed E-state index contributed by atoms with van der Waals surface area (Å²) >= 11 is 0. The number of aromatic nitrogens is 2. The van der Waals surface area contributed by atoms with E-state index in [4.69, 9.17) is 4.74 Å². The minimum atomic E-state index is -0.670. The standard InChI is InChI=1S/C26H33FN6O3/c1-5-23(34)32-12-10-31(11-13-32)15-19-6-8-20(9-7-19)18(4)29-25-28-14-21(27)24(30-25)33-22(17(2)3)16-36-26(33)35/h5-9,14,17-18,22H,1,10-13,15-16H2,2-4H3,(H,28,29,30)/t18?,22-/m1/s1. The lowest BCUT2D eigenvalue weighted by Gasteiger charge is -2.34. The number of carbonyl (C=O) groups is 2. The maximum absolute atomic E-state index is 14.6. The number of anilines is 2. The van der Waals surface area contributed by atoms with Crippen molar-refractivity contribution >= 4 is 23.8 Å². The first-order chi connectivity index (χ1) is 17.3. The molecule has 0 radical (unpaired) electrons. The van der Waals surface area contributed by atoms with Crippen molar-refractivity contribution in [3.8, 4) is 0 Å². The third-order valence-electron chi connectivity index (χ3n) is 6.72. The second-order valence-electron chi connectivity index (χ2n) is 9.54. The van der Waals surface area contributed by atoms with E-state index < -0.39 is 11.9 Å². The number of nitrogens with zero attached hydrogens (tertiary/aromatic N) is 5. The summed E-state index contributed by atoms with van der Waals surface area (Å²) in [4.78, 5) is 37.8. The lowest BCUT2D eigenvalue weighted by atomic mass is 10.0. The molecule has 4 rings (SSSR count). The first-order valence-corrected chi connectivity index (χ1v) is 12.2. The van der Waals surface area contributed by atoms with Crippen LogP contribution in [0.4, 0.5) is 21.0 Å². The van der Waals surface area contributed by atoms with Crippen LogP contribution in [0.2, 0.25) is 0 Å². The van der Waals surface area contributed by atoms with E-state index in [2.05, 4.69) is 38.9 Å². The third kappa shape index (κ3) is 5.64. The Morgan fingerprint density at radius 3 is 2.56 bits per heavy atom. The van der Waals surface area contributed by atoms with Gasteiger partial charge in [0.2, 0.25) is 11.9 Å². The summed E-state index contributed by atoms with van der Waals surface area (Å²) in [6.45, 7) is 13.5. The van der Waals surface area contributed by atoms with Gasteiger partial charge in [-0.05, 0) is 30.0 Å². The van der Waals surface area contributed by atoms with Gasteiger partial charge in [0.05, 0.1) is 18.3 Å². The number of nitrogens with one attached hydrogen (secondary N) is 1. The predicted molar refractivity (Wildman–Crippen MR) is 135 cm³/mol. The second-order valence-corrected chi connectivity index (χ2v) is 9.54. The highest BCUT2D eigenvalue weighted by molar-refractivity contribution is 5.89. The first kappa shape index (κ1) is 25.6. The number of piperazine rings is 1. The Labute approximate surface area is 210 Å². The summed E-state index contributed by atoms with van der Waals surface area (Å²) < 4.78 is 19.7. The van der Waals surface area contributed by atoms with Crippen LogP contribution < -0.4 is 10.2 Å². The van der Waals surface area contributed by atoms with Gasteiger partial charge in [-0.1, -0.05) is 44.7 Å². The van der Waals surface area contributed by atoms with Crippen LogP contribution in [0, 0.1) is 11.7 Å². The zero-order chi connectivity index (χ0) is 25.8. The largest absolute Gasteiger partial charge is 0.447 e. The van der Waals surface area contributed by atoms with E-state index in [0.717, 1.165) is 31.4 Å². The van der Waals surface area contributed by atoms with Gasteiger partial charge in [-0.2, -0.15) is 4.98 Å². The van der Waals surface area contributed by atoms with E-state index in [1.807, 2.05) is 37.8 Å². The van der Waals surface area contributed by atoms with Gasteiger partial charge in [0, 0.05) is 32.7 Å². The average Bonchev–Trinajstić information content (AvgIpc) is 3.27. The van der Waals surface area contributed by atoms with Crippen molar-refractivity contribution in [2.45, 2.75) is 39.4 Å². The highest BCUT2D eigenvalue weighted by Crippen LogP contribution is 2.29. The van der Waals surface area contributed by atoms with E-state index >= 15 is 0 Å². The smallest absolute Gasteiger partial charge is 0.416 e. The normalized spacial score (nSPS) is 19.4. The summed E-state index contributed by atoms with van der Waals surface area (Å²) in [5.74, 6) is -0.448. The molecule has 2 saturated heterocycles. The average molecular weight is 497 g/mol. The molecule has 1 N–H and O–H groups in total. The fourth-order valence-corrected chi connectivity index (χ4v) is 4.47. The molecule has 192 valence electrons. The molecular weight excluding hydrogens is 463 g/mol. The summed E-state index contributed by atoms with van der Waals surface area (Å²) in [5, 5.41) is 3.21. The second kappa shape index (κ2) is 11.0.